The topological polar surface area (TPSA) is 72.5 Å². The molecule has 0 radical (unpaired) electrons. The Kier molecular flexibility index (Phi) is 2.33. The van der Waals surface area contributed by atoms with Crippen molar-refractivity contribution in [3.63, 3.8) is 0 Å². The minimum Gasteiger partial charge on any atom is -0.508 e. The molecule has 4 heteroatoms. The molecule has 0 spiro atoms. The van der Waals surface area contributed by atoms with Gasteiger partial charge >= 0.3 is 0 Å². The number of phenolic OH excluding ortho intramolecular Hbond substituents is 1. The first-order valence-electron chi connectivity index (χ1n) is 4.58. The van der Waals surface area contributed by atoms with Gasteiger partial charge in [-0.05, 0) is 23.8 Å². The van der Waals surface area contributed by atoms with Crippen molar-refractivity contribution in [2.75, 3.05) is 6.61 Å². The number of aromatic hydroxyl groups is 1. The van der Waals surface area contributed by atoms with E-state index >= 15 is 0 Å². The van der Waals surface area contributed by atoms with Crippen LogP contribution in [0.2, 0.25) is 0 Å². The molecule has 1 unspecified atom stereocenters. The number of allylic oxidation sites excluding steroid dienone is 1. The highest BCUT2D eigenvalue weighted by Gasteiger charge is 2.23. The summed E-state index contributed by atoms with van der Waals surface area (Å²) in [6, 6.07) is 6.49. The molecule has 15 heavy (non-hydrogen) atoms. The molecule has 1 atom stereocenters. The zero-order valence-electron chi connectivity index (χ0n) is 8.01. The third-order valence-electron chi connectivity index (χ3n) is 2.31. The quantitative estimate of drug-likeness (QED) is 0.713. The minimum absolute atomic E-state index is 0.00781. The van der Waals surface area contributed by atoms with E-state index in [4.69, 9.17) is 15.6 Å². The molecule has 1 heterocycles. The van der Waals surface area contributed by atoms with Crippen molar-refractivity contribution in [3.8, 4) is 5.75 Å². The van der Waals surface area contributed by atoms with Crippen LogP contribution in [0.5, 0.6) is 5.75 Å². The maximum absolute atomic E-state index is 11.5. The Balaban J connectivity index is 2.33. The molecule has 0 bridgehead atoms. The monoisotopic (exact) mass is 205 g/mol. The fourth-order valence-corrected chi connectivity index (χ4v) is 1.51. The molecule has 1 aliphatic heterocycles. The average molecular weight is 205 g/mol. The van der Waals surface area contributed by atoms with Gasteiger partial charge in [-0.3, -0.25) is 4.79 Å². The maximum atomic E-state index is 11.5. The molecule has 0 aliphatic carbocycles. The van der Waals surface area contributed by atoms with E-state index in [1.54, 1.807) is 30.3 Å². The molecule has 0 amide bonds. The maximum Gasteiger partial charge on any atom is 0.181 e. The number of hydrogen-bond acceptors (Lipinski definition) is 4. The van der Waals surface area contributed by atoms with Gasteiger partial charge in [0.05, 0.1) is 5.92 Å². The van der Waals surface area contributed by atoms with E-state index in [0.29, 0.717) is 0 Å². The third-order valence-corrected chi connectivity index (χ3v) is 2.31. The van der Waals surface area contributed by atoms with Crippen LogP contribution in [-0.4, -0.2) is 17.5 Å². The molecule has 0 saturated carbocycles. The molecule has 1 aromatic carbocycles. The zero-order valence-corrected chi connectivity index (χ0v) is 8.01. The number of nitrogens with two attached hydrogens (primary N) is 1. The number of benzene rings is 1. The smallest absolute Gasteiger partial charge is 0.181 e. The van der Waals surface area contributed by atoms with Crippen LogP contribution in [0.1, 0.15) is 11.5 Å². The van der Waals surface area contributed by atoms with Crippen molar-refractivity contribution >= 4 is 5.78 Å². The Labute approximate surface area is 87.0 Å². The van der Waals surface area contributed by atoms with Gasteiger partial charge in [-0.15, -0.1) is 0 Å². The molecule has 0 aromatic heterocycles. The summed E-state index contributed by atoms with van der Waals surface area (Å²) in [4.78, 5) is 11.5. The van der Waals surface area contributed by atoms with Gasteiger partial charge < -0.3 is 15.6 Å². The summed E-state index contributed by atoms with van der Waals surface area (Å²) in [5, 5.41) is 9.12. The molecular weight excluding hydrogens is 194 g/mol. The van der Waals surface area contributed by atoms with E-state index in [9.17, 15) is 4.79 Å². The van der Waals surface area contributed by atoms with Crippen LogP contribution >= 0.6 is 0 Å². The number of phenols is 1. The van der Waals surface area contributed by atoms with E-state index in [0.717, 1.165) is 5.56 Å². The summed E-state index contributed by atoms with van der Waals surface area (Å²) in [6.07, 6.45) is 1.58. The molecule has 3 N–H and O–H groups in total. The summed E-state index contributed by atoms with van der Waals surface area (Å²) in [5.41, 5.74) is 6.30. The Hall–Kier alpha value is -1.97. The van der Waals surface area contributed by atoms with Gasteiger partial charge in [0.2, 0.25) is 0 Å². The van der Waals surface area contributed by atoms with E-state index in [2.05, 4.69) is 0 Å². The Morgan fingerprint density at radius 2 is 2.00 bits per heavy atom. The normalized spacial score (nSPS) is 20.7. The van der Waals surface area contributed by atoms with Crippen LogP contribution in [0.15, 0.2) is 36.2 Å². The van der Waals surface area contributed by atoms with Crippen LogP contribution in [-0.2, 0) is 9.53 Å². The molecule has 78 valence electrons. The van der Waals surface area contributed by atoms with Gasteiger partial charge in [0.25, 0.3) is 0 Å². The highest BCUT2D eigenvalue weighted by molar-refractivity contribution is 5.89. The Morgan fingerprint density at radius 3 is 2.67 bits per heavy atom. The highest BCUT2D eigenvalue weighted by Crippen LogP contribution is 2.24. The first-order valence-corrected chi connectivity index (χ1v) is 4.58. The van der Waals surface area contributed by atoms with Crippen molar-refractivity contribution < 1.29 is 14.6 Å². The van der Waals surface area contributed by atoms with Gasteiger partial charge in [-0.2, -0.15) is 0 Å². The Bertz CT molecular complexity index is 408. The van der Waals surface area contributed by atoms with Crippen LogP contribution in [0.4, 0.5) is 0 Å². The molecule has 4 nitrogen and oxygen atoms in total. The molecular formula is C11H11NO3. The second-order valence-electron chi connectivity index (χ2n) is 3.39. The molecule has 0 saturated heterocycles. The lowest BCUT2D eigenvalue weighted by Crippen LogP contribution is -2.24. The van der Waals surface area contributed by atoms with Crippen LogP contribution in [0.3, 0.4) is 0 Å². The van der Waals surface area contributed by atoms with Crippen molar-refractivity contribution in [1.82, 2.24) is 0 Å². The summed E-state index contributed by atoms with van der Waals surface area (Å²) in [6.45, 7) is 0.00781. The summed E-state index contributed by atoms with van der Waals surface area (Å²) in [5.74, 6) is 0.0529. The standard InChI is InChI=1S/C11H11NO3/c12-11-5-9(10(14)6-15-11)7-1-3-8(13)4-2-7/h1-5,9,13H,6,12H2. The van der Waals surface area contributed by atoms with Gasteiger partial charge in [0.1, 0.15) is 12.4 Å². The first kappa shape index (κ1) is 9.58. The summed E-state index contributed by atoms with van der Waals surface area (Å²) in [7, 11) is 0. The van der Waals surface area contributed by atoms with Gasteiger partial charge in [-0.1, -0.05) is 12.1 Å². The van der Waals surface area contributed by atoms with Crippen LogP contribution in [0, 0.1) is 0 Å². The van der Waals surface area contributed by atoms with Gasteiger partial charge in [-0.25, -0.2) is 0 Å². The van der Waals surface area contributed by atoms with Gasteiger partial charge in [0, 0.05) is 0 Å². The average Bonchev–Trinajstić information content (AvgIpc) is 2.23. The minimum atomic E-state index is -0.362. The molecule has 0 fully saturated rings. The predicted octanol–water partition coefficient (Wildman–Crippen LogP) is 0.875. The fourth-order valence-electron chi connectivity index (χ4n) is 1.51. The molecule has 1 aromatic rings. The van der Waals surface area contributed by atoms with Crippen molar-refractivity contribution in [2.24, 2.45) is 5.73 Å². The van der Waals surface area contributed by atoms with E-state index in [1.807, 2.05) is 0 Å². The SMILES string of the molecule is NC1=CC(c2ccc(O)cc2)C(=O)CO1. The fraction of sp³-hybridized carbons (Fsp3) is 0.182. The number of carbonyl (C=O) groups excluding carboxylic acids is 1. The first-order chi connectivity index (χ1) is 7.16. The van der Waals surface area contributed by atoms with E-state index < -0.39 is 0 Å². The second-order valence-corrected chi connectivity index (χ2v) is 3.39. The Morgan fingerprint density at radius 1 is 1.33 bits per heavy atom. The van der Waals surface area contributed by atoms with E-state index in [1.165, 1.54) is 0 Å². The molecule has 1 aliphatic rings. The lowest BCUT2D eigenvalue weighted by atomic mass is 9.93. The lowest BCUT2D eigenvalue weighted by molar-refractivity contribution is -0.124. The number of rotatable bonds is 1. The largest absolute Gasteiger partial charge is 0.508 e. The number of ketones is 1. The van der Waals surface area contributed by atoms with Crippen LogP contribution < -0.4 is 5.73 Å². The molecule has 2 rings (SSSR count). The summed E-state index contributed by atoms with van der Waals surface area (Å²) >= 11 is 0. The predicted molar refractivity (Wildman–Crippen MR) is 54.1 cm³/mol. The number of carbonyl (C=O) groups is 1. The number of hydrogen-bond donors (Lipinski definition) is 2. The lowest BCUT2D eigenvalue weighted by Gasteiger charge is -2.18. The zero-order chi connectivity index (χ0) is 10.8. The van der Waals surface area contributed by atoms with Crippen molar-refractivity contribution in [2.45, 2.75) is 5.92 Å². The highest BCUT2D eigenvalue weighted by atomic mass is 16.5. The number of Topliss-reactive ketones (excluding diaryl/α,β-unsaturated/α-hetero) is 1. The second kappa shape index (κ2) is 3.65. The van der Waals surface area contributed by atoms with Gasteiger partial charge in [0.15, 0.2) is 11.7 Å². The van der Waals surface area contributed by atoms with Crippen molar-refractivity contribution in [3.05, 3.63) is 41.8 Å². The van der Waals surface area contributed by atoms with Crippen LogP contribution in [0.25, 0.3) is 0 Å². The third kappa shape index (κ3) is 1.93. The van der Waals surface area contributed by atoms with E-state index in [-0.39, 0.29) is 29.9 Å². The van der Waals surface area contributed by atoms with Crippen molar-refractivity contribution in [1.29, 1.82) is 0 Å². The summed E-state index contributed by atoms with van der Waals surface area (Å²) < 4.78 is 4.91. The number of ether oxygens (including phenoxy) is 1.